The summed E-state index contributed by atoms with van der Waals surface area (Å²) in [5, 5.41) is 14.1. The summed E-state index contributed by atoms with van der Waals surface area (Å²) >= 11 is 5.96. The van der Waals surface area contributed by atoms with Crippen LogP contribution < -0.4 is 5.43 Å². The highest BCUT2D eigenvalue weighted by molar-refractivity contribution is 6.30. The number of nitrogens with one attached hydrogen (secondary N) is 1. The molecule has 0 atom stereocenters. The zero-order chi connectivity index (χ0) is 19.1. The van der Waals surface area contributed by atoms with Gasteiger partial charge >= 0.3 is 0 Å². The molecule has 1 saturated carbocycles. The number of halogens is 1. The maximum absolute atomic E-state index is 9.34. The fourth-order valence-corrected chi connectivity index (χ4v) is 3.80. The lowest BCUT2D eigenvalue weighted by molar-refractivity contribution is 0.278. The van der Waals surface area contributed by atoms with Gasteiger partial charge in [0.1, 0.15) is 6.07 Å². The average Bonchev–Trinajstić information content (AvgIpc) is 3.10. The van der Waals surface area contributed by atoms with Gasteiger partial charge in [0.25, 0.3) is 5.88 Å². The maximum Gasteiger partial charge on any atom is 0.252 e. The van der Waals surface area contributed by atoms with Gasteiger partial charge in [-0.15, -0.1) is 0 Å². The van der Waals surface area contributed by atoms with Crippen molar-refractivity contribution in [2.24, 2.45) is 11.0 Å². The molecule has 0 amide bonds. The third-order valence-corrected chi connectivity index (χ3v) is 5.38. The van der Waals surface area contributed by atoms with Crippen LogP contribution in [0.4, 0.5) is 5.88 Å². The van der Waals surface area contributed by atoms with Crippen LogP contribution in [0.2, 0.25) is 5.02 Å². The Morgan fingerprint density at radius 2 is 2.19 bits per heavy atom. The predicted octanol–water partition coefficient (Wildman–Crippen LogP) is 6.11. The molecule has 2 aromatic rings. The largest absolute Gasteiger partial charge is 0.422 e. The predicted molar refractivity (Wildman–Crippen MR) is 108 cm³/mol. The summed E-state index contributed by atoms with van der Waals surface area (Å²) in [5.74, 6) is 2.08. The molecule has 27 heavy (non-hydrogen) atoms. The Hall–Kier alpha value is -2.32. The van der Waals surface area contributed by atoms with Crippen molar-refractivity contribution in [3.05, 3.63) is 46.4 Å². The first kappa shape index (κ1) is 19.4. The highest BCUT2D eigenvalue weighted by atomic mass is 35.5. The summed E-state index contributed by atoms with van der Waals surface area (Å²) in [4.78, 5) is 4.39. The van der Waals surface area contributed by atoms with Gasteiger partial charge in [0.2, 0.25) is 11.6 Å². The third kappa shape index (κ3) is 5.33. The first-order valence-corrected chi connectivity index (χ1v) is 10.0. The van der Waals surface area contributed by atoms with Gasteiger partial charge in [-0.05, 0) is 49.3 Å². The van der Waals surface area contributed by atoms with E-state index < -0.39 is 0 Å². The number of benzene rings is 1. The van der Waals surface area contributed by atoms with Crippen molar-refractivity contribution in [1.82, 2.24) is 4.98 Å². The summed E-state index contributed by atoms with van der Waals surface area (Å²) in [7, 11) is 0. The molecular weight excluding hydrogens is 360 g/mol. The van der Waals surface area contributed by atoms with Crippen molar-refractivity contribution in [3.8, 4) is 6.07 Å². The number of nitrogens with zero attached hydrogens (tertiary/aromatic N) is 3. The number of oxazole rings is 1. The van der Waals surface area contributed by atoms with Gasteiger partial charge in [0.15, 0.2) is 0 Å². The minimum Gasteiger partial charge on any atom is -0.422 e. The van der Waals surface area contributed by atoms with Crippen LogP contribution in [0.5, 0.6) is 0 Å². The standard InChI is InChI=1S/C21H25ClN4O/c1-2-3-5-15-8-10-17(11-9-15)20-25-19(13-23)21(27-20)26-24-14-16-6-4-7-18(22)12-16/h4,6-7,12,14-15,17,26H,2-3,5,8-11H2,1H3. The smallest absolute Gasteiger partial charge is 0.252 e. The normalized spacial score (nSPS) is 19.9. The molecule has 1 aromatic carbocycles. The van der Waals surface area contributed by atoms with Crippen molar-refractivity contribution in [2.75, 3.05) is 5.43 Å². The Bertz CT molecular complexity index is 816. The maximum atomic E-state index is 9.34. The van der Waals surface area contributed by atoms with Gasteiger partial charge in [-0.2, -0.15) is 10.4 Å². The van der Waals surface area contributed by atoms with Crippen LogP contribution in [0, 0.1) is 17.2 Å². The lowest BCUT2D eigenvalue weighted by Gasteiger charge is -2.26. The molecule has 0 aliphatic heterocycles. The van der Waals surface area contributed by atoms with Crippen LogP contribution in [0.15, 0.2) is 33.8 Å². The van der Waals surface area contributed by atoms with E-state index in [2.05, 4.69) is 28.5 Å². The quantitative estimate of drug-likeness (QED) is 0.461. The van der Waals surface area contributed by atoms with Crippen LogP contribution in [0.25, 0.3) is 0 Å². The van der Waals surface area contributed by atoms with Gasteiger partial charge in [0, 0.05) is 10.9 Å². The Balaban J connectivity index is 1.61. The van der Waals surface area contributed by atoms with E-state index in [1.54, 1.807) is 18.3 Å². The molecule has 3 rings (SSSR count). The molecule has 0 spiro atoms. The molecule has 6 heteroatoms. The van der Waals surface area contributed by atoms with Crippen molar-refractivity contribution in [2.45, 2.75) is 57.8 Å². The number of anilines is 1. The molecule has 1 aliphatic rings. The van der Waals surface area contributed by atoms with Gasteiger partial charge < -0.3 is 4.42 Å². The minimum absolute atomic E-state index is 0.251. The molecule has 0 unspecified atom stereocenters. The van der Waals surface area contributed by atoms with E-state index in [0.29, 0.717) is 22.7 Å². The Morgan fingerprint density at radius 1 is 1.37 bits per heavy atom. The summed E-state index contributed by atoms with van der Waals surface area (Å²) in [6.07, 6.45) is 10.1. The molecule has 1 aromatic heterocycles. The van der Waals surface area contributed by atoms with E-state index in [1.807, 2.05) is 12.1 Å². The molecule has 1 aliphatic carbocycles. The molecule has 0 bridgehead atoms. The van der Waals surface area contributed by atoms with Crippen molar-refractivity contribution >= 4 is 23.7 Å². The highest BCUT2D eigenvalue weighted by Crippen LogP contribution is 2.38. The average molecular weight is 385 g/mol. The highest BCUT2D eigenvalue weighted by Gasteiger charge is 2.27. The molecular formula is C21H25ClN4O. The molecule has 1 N–H and O–H groups in total. The minimum atomic E-state index is 0.251. The van der Waals surface area contributed by atoms with Gasteiger partial charge in [-0.1, -0.05) is 49.9 Å². The molecule has 142 valence electrons. The summed E-state index contributed by atoms with van der Waals surface area (Å²) < 4.78 is 5.84. The second kappa shape index (κ2) is 9.57. The topological polar surface area (TPSA) is 74.2 Å². The third-order valence-electron chi connectivity index (χ3n) is 5.14. The van der Waals surface area contributed by atoms with Crippen LogP contribution in [0.1, 0.15) is 74.9 Å². The first-order valence-electron chi connectivity index (χ1n) is 9.65. The van der Waals surface area contributed by atoms with E-state index >= 15 is 0 Å². The zero-order valence-corrected chi connectivity index (χ0v) is 16.4. The lowest BCUT2D eigenvalue weighted by atomic mass is 9.80. The number of aromatic nitrogens is 1. The molecule has 1 heterocycles. The SMILES string of the molecule is CCCCC1CCC(c2nc(C#N)c(NN=Cc3cccc(Cl)c3)o2)CC1. The number of unbranched alkanes of at least 4 members (excludes halogenated alkanes) is 1. The number of hydrazone groups is 1. The van der Waals surface area contributed by atoms with E-state index in [4.69, 9.17) is 16.0 Å². The Morgan fingerprint density at radius 3 is 2.89 bits per heavy atom. The number of rotatable bonds is 7. The summed E-state index contributed by atoms with van der Waals surface area (Å²) in [5.41, 5.74) is 3.91. The van der Waals surface area contributed by atoms with Gasteiger partial charge in [0.05, 0.1) is 6.21 Å². The van der Waals surface area contributed by atoms with Crippen molar-refractivity contribution < 1.29 is 4.42 Å². The lowest BCUT2D eigenvalue weighted by Crippen LogP contribution is -2.13. The Labute approximate surface area is 165 Å². The molecule has 5 nitrogen and oxygen atoms in total. The van der Waals surface area contributed by atoms with Gasteiger partial charge in [-0.25, -0.2) is 10.4 Å². The van der Waals surface area contributed by atoms with E-state index in [1.165, 1.54) is 32.1 Å². The van der Waals surface area contributed by atoms with Gasteiger partial charge in [-0.3, -0.25) is 0 Å². The molecule has 0 saturated heterocycles. The summed E-state index contributed by atoms with van der Waals surface area (Å²) in [6.45, 7) is 2.24. The molecule has 1 fully saturated rings. The van der Waals surface area contributed by atoms with E-state index in [9.17, 15) is 5.26 Å². The zero-order valence-electron chi connectivity index (χ0n) is 15.6. The molecule has 0 radical (unpaired) electrons. The second-order valence-corrected chi connectivity index (χ2v) is 7.56. The monoisotopic (exact) mass is 384 g/mol. The number of hydrogen-bond acceptors (Lipinski definition) is 5. The summed E-state index contributed by atoms with van der Waals surface area (Å²) in [6, 6.07) is 9.45. The Kier molecular flexibility index (Phi) is 6.89. The number of nitriles is 1. The number of hydrogen-bond donors (Lipinski definition) is 1. The van der Waals surface area contributed by atoms with Crippen LogP contribution in [-0.2, 0) is 0 Å². The van der Waals surface area contributed by atoms with Crippen LogP contribution >= 0.6 is 11.6 Å². The van der Waals surface area contributed by atoms with Crippen molar-refractivity contribution in [1.29, 1.82) is 5.26 Å². The fraction of sp³-hybridized carbons (Fsp3) is 0.476. The first-order chi connectivity index (χ1) is 13.2. The fourth-order valence-electron chi connectivity index (χ4n) is 3.61. The van der Waals surface area contributed by atoms with E-state index in [-0.39, 0.29) is 5.69 Å². The van der Waals surface area contributed by atoms with Crippen molar-refractivity contribution in [3.63, 3.8) is 0 Å². The van der Waals surface area contributed by atoms with Crippen LogP contribution in [0.3, 0.4) is 0 Å². The van der Waals surface area contributed by atoms with E-state index in [0.717, 1.165) is 24.3 Å². The second-order valence-electron chi connectivity index (χ2n) is 7.13. The van der Waals surface area contributed by atoms with Crippen LogP contribution in [-0.4, -0.2) is 11.2 Å².